The highest BCUT2D eigenvalue weighted by Crippen LogP contribution is 2.05. The first-order valence-corrected chi connectivity index (χ1v) is 6.41. The highest BCUT2D eigenvalue weighted by atomic mass is 16.5. The van der Waals surface area contributed by atoms with Crippen LogP contribution in [0.1, 0.15) is 22.8 Å². The predicted molar refractivity (Wildman–Crippen MR) is 74.3 cm³/mol. The minimum atomic E-state index is -0.735. The Bertz CT molecular complexity index is 516. The van der Waals surface area contributed by atoms with Crippen LogP contribution in [0.2, 0.25) is 0 Å². The molecule has 0 spiro atoms. The summed E-state index contributed by atoms with van der Waals surface area (Å²) in [5.41, 5.74) is 1.26. The molecule has 0 aliphatic heterocycles. The van der Waals surface area contributed by atoms with E-state index in [1.165, 1.54) is 6.92 Å². The Hall–Kier alpha value is -2.41. The summed E-state index contributed by atoms with van der Waals surface area (Å²) >= 11 is 0. The monoisotopic (exact) mass is 294 g/mol. The van der Waals surface area contributed by atoms with Gasteiger partial charge in [-0.05, 0) is 17.7 Å². The minimum absolute atomic E-state index is 0.00326. The molecule has 0 unspecified atom stereocenters. The molecular weight excluding hydrogens is 276 g/mol. The largest absolute Gasteiger partial charge is 0.462 e. The molecule has 114 valence electrons. The molecular formula is C14H18N2O5. The first-order chi connectivity index (χ1) is 10.0. The van der Waals surface area contributed by atoms with Gasteiger partial charge in [-0.25, -0.2) is 4.79 Å². The van der Waals surface area contributed by atoms with Gasteiger partial charge in [0.1, 0.15) is 13.2 Å². The second-order valence-electron chi connectivity index (χ2n) is 4.24. The van der Waals surface area contributed by atoms with Crippen LogP contribution in [0.25, 0.3) is 0 Å². The van der Waals surface area contributed by atoms with Crippen LogP contribution < -0.4 is 10.6 Å². The van der Waals surface area contributed by atoms with Crippen molar-refractivity contribution in [2.24, 2.45) is 0 Å². The van der Waals surface area contributed by atoms with Crippen LogP contribution in [0.15, 0.2) is 24.3 Å². The summed E-state index contributed by atoms with van der Waals surface area (Å²) in [6.07, 6.45) is 0. The number of hydrogen-bond acceptors (Lipinski definition) is 5. The van der Waals surface area contributed by atoms with Gasteiger partial charge in [-0.2, -0.15) is 0 Å². The quantitative estimate of drug-likeness (QED) is 0.468. The Kier molecular flexibility index (Phi) is 6.90. The van der Waals surface area contributed by atoms with Gasteiger partial charge in [0.15, 0.2) is 0 Å². The Morgan fingerprint density at radius 2 is 2.00 bits per heavy atom. The van der Waals surface area contributed by atoms with E-state index in [-0.39, 0.29) is 25.0 Å². The van der Waals surface area contributed by atoms with Gasteiger partial charge in [-0.1, -0.05) is 12.1 Å². The average molecular weight is 294 g/mol. The lowest BCUT2D eigenvalue weighted by atomic mass is 10.1. The zero-order valence-corrected chi connectivity index (χ0v) is 11.7. The average Bonchev–Trinajstić information content (AvgIpc) is 2.49. The maximum atomic E-state index is 11.9. The first kappa shape index (κ1) is 16.6. The second kappa shape index (κ2) is 8.70. The zero-order chi connectivity index (χ0) is 15.7. The van der Waals surface area contributed by atoms with Crippen molar-refractivity contribution in [3.8, 4) is 0 Å². The fourth-order valence-corrected chi connectivity index (χ4v) is 1.53. The number of nitrogens with one attached hydrogen (secondary N) is 2. The number of aliphatic hydroxyl groups excluding tert-OH is 1. The third-order valence-corrected chi connectivity index (χ3v) is 2.51. The summed E-state index contributed by atoms with van der Waals surface area (Å²) in [6.45, 7) is 1.24. The van der Waals surface area contributed by atoms with Crippen LogP contribution in [0.3, 0.4) is 0 Å². The maximum absolute atomic E-state index is 11.9. The molecule has 3 N–H and O–H groups in total. The van der Waals surface area contributed by atoms with Gasteiger partial charge in [-0.15, -0.1) is 0 Å². The molecule has 0 bridgehead atoms. The van der Waals surface area contributed by atoms with E-state index in [0.29, 0.717) is 12.1 Å². The van der Waals surface area contributed by atoms with Crippen LogP contribution in [0, 0.1) is 0 Å². The van der Waals surface area contributed by atoms with Crippen LogP contribution >= 0.6 is 0 Å². The lowest BCUT2D eigenvalue weighted by Gasteiger charge is -2.08. The number of carbonyl (C=O) groups excluding carboxylic acids is 3. The standard InChI is InChI=1S/C14H18N2O5/c1-10(18)16-8-11-3-2-4-12(7-11)14(20)15-5-6-21-13(19)9-17/h2-4,7,17H,5-6,8-9H2,1H3,(H,15,20)(H,16,18). The Morgan fingerprint density at radius 1 is 1.24 bits per heavy atom. The molecule has 0 heterocycles. The van der Waals surface area contributed by atoms with E-state index in [1.807, 2.05) is 0 Å². The fraction of sp³-hybridized carbons (Fsp3) is 0.357. The summed E-state index contributed by atoms with van der Waals surface area (Å²) in [5, 5.41) is 13.7. The second-order valence-corrected chi connectivity index (χ2v) is 4.24. The van der Waals surface area contributed by atoms with Gasteiger partial charge in [0, 0.05) is 19.0 Å². The Balaban J connectivity index is 2.44. The van der Waals surface area contributed by atoms with Crippen molar-refractivity contribution in [2.75, 3.05) is 19.8 Å². The Labute approximate surface area is 122 Å². The number of hydrogen-bond donors (Lipinski definition) is 3. The molecule has 0 saturated heterocycles. The number of esters is 1. The van der Waals surface area contributed by atoms with Gasteiger partial charge >= 0.3 is 5.97 Å². The maximum Gasteiger partial charge on any atom is 0.331 e. The summed E-state index contributed by atoms with van der Waals surface area (Å²) in [4.78, 5) is 33.4. The molecule has 1 aromatic rings. The normalized spacial score (nSPS) is 9.81. The lowest BCUT2D eigenvalue weighted by Crippen LogP contribution is -2.28. The van der Waals surface area contributed by atoms with Crippen molar-refractivity contribution in [3.63, 3.8) is 0 Å². The van der Waals surface area contributed by atoms with E-state index < -0.39 is 12.6 Å². The molecule has 0 aromatic heterocycles. The lowest BCUT2D eigenvalue weighted by molar-refractivity contribution is -0.146. The van der Waals surface area contributed by atoms with E-state index in [1.54, 1.807) is 24.3 Å². The molecule has 1 aromatic carbocycles. The van der Waals surface area contributed by atoms with E-state index in [0.717, 1.165) is 5.56 Å². The summed E-state index contributed by atoms with van der Waals surface area (Å²) < 4.78 is 4.61. The number of rotatable bonds is 7. The van der Waals surface area contributed by atoms with Crippen molar-refractivity contribution in [2.45, 2.75) is 13.5 Å². The third-order valence-electron chi connectivity index (χ3n) is 2.51. The van der Waals surface area contributed by atoms with E-state index in [4.69, 9.17) is 5.11 Å². The van der Waals surface area contributed by atoms with Crippen LogP contribution in [-0.4, -0.2) is 42.6 Å². The zero-order valence-electron chi connectivity index (χ0n) is 11.7. The smallest absolute Gasteiger partial charge is 0.331 e. The first-order valence-electron chi connectivity index (χ1n) is 6.41. The number of ether oxygens (including phenoxy) is 1. The molecule has 0 radical (unpaired) electrons. The van der Waals surface area contributed by atoms with Gasteiger partial charge in [0.2, 0.25) is 5.91 Å². The fourth-order valence-electron chi connectivity index (χ4n) is 1.53. The number of carbonyl (C=O) groups is 3. The number of benzene rings is 1. The van der Waals surface area contributed by atoms with Crippen molar-refractivity contribution in [1.29, 1.82) is 0 Å². The predicted octanol–water partition coefficient (Wildman–Crippen LogP) is -0.412. The SMILES string of the molecule is CC(=O)NCc1cccc(C(=O)NCCOC(=O)CO)c1. The van der Waals surface area contributed by atoms with Crippen LogP contribution in [0.4, 0.5) is 0 Å². The highest BCUT2D eigenvalue weighted by Gasteiger charge is 2.06. The van der Waals surface area contributed by atoms with Crippen LogP contribution in [0.5, 0.6) is 0 Å². The summed E-state index contributed by atoms with van der Waals surface area (Å²) in [6, 6.07) is 6.84. The summed E-state index contributed by atoms with van der Waals surface area (Å²) in [5.74, 6) is -1.18. The summed E-state index contributed by atoms with van der Waals surface area (Å²) in [7, 11) is 0. The topological polar surface area (TPSA) is 105 Å². The van der Waals surface area contributed by atoms with Crippen molar-refractivity contribution < 1.29 is 24.2 Å². The highest BCUT2D eigenvalue weighted by molar-refractivity contribution is 5.94. The number of amides is 2. The van der Waals surface area contributed by atoms with Gasteiger partial charge < -0.3 is 20.5 Å². The van der Waals surface area contributed by atoms with Crippen molar-refractivity contribution in [1.82, 2.24) is 10.6 Å². The third kappa shape index (κ3) is 6.53. The van der Waals surface area contributed by atoms with Gasteiger partial charge in [-0.3, -0.25) is 9.59 Å². The van der Waals surface area contributed by atoms with Crippen molar-refractivity contribution >= 4 is 17.8 Å². The van der Waals surface area contributed by atoms with Gasteiger partial charge in [0.05, 0.1) is 6.54 Å². The van der Waals surface area contributed by atoms with E-state index in [2.05, 4.69) is 15.4 Å². The number of aliphatic hydroxyl groups is 1. The molecule has 0 fully saturated rings. The van der Waals surface area contributed by atoms with Crippen LogP contribution in [-0.2, 0) is 20.9 Å². The minimum Gasteiger partial charge on any atom is -0.462 e. The molecule has 0 saturated carbocycles. The van der Waals surface area contributed by atoms with E-state index in [9.17, 15) is 14.4 Å². The molecule has 7 heteroatoms. The molecule has 0 aliphatic rings. The van der Waals surface area contributed by atoms with Crippen molar-refractivity contribution in [3.05, 3.63) is 35.4 Å². The molecule has 0 atom stereocenters. The van der Waals surface area contributed by atoms with Gasteiger partial charge in [0.25, 0.3) is 5.91 Å². The van der Waals surface area contributed by atoms with E-state index >= 15 is 0 Å². The molecule has 21 heavy (non-hydrogen) atoms. The molecule has 2 amide bonds. The molecule has 1 rings (SSSR count). The molecule has 0 aliphatic carbocycles. The molecule has 7 nitrogen and oxygen atoms in total. The Morgan fingerprint density at radius 3 is 2.67 bits per heavy atom.